The van der Waals surface area contributed by atoms with Gasteiger partial charge in [-0.1, -0.05) is 29.0 Å². The Kier molecular flexibility index (Phi) is 8.91. The number of hydrogen-bond donors (Lipinski definition) is 1. The number of carbonyl (C=O) groups excluding carboxylic acids is 4. The fraction of sp³-hybridized carbons (Fsp3) is 0.342. The number of methoxy groups -OCH3 is 2. The van der Waals surface area contributed by atoms with Gasteiger partial charge < -0.3 is 19.5 Å². The van der Waals surface area contributed by atoms with E-state index in [-0.39, 0.29) is 58.8 Å². The molecule has 3 heterocycles. The zero-order chi connectivity index (χ0) is 36.4. The molecule has 52 heavy (non-hydrogen) atoms. The standard InChI is InChI=1S/C38H34ClN3O8S2/c1-4-50-37(46)18-5-10-21(11-6-18)40-27(43)17-41-36-33(52-38(41)47)28(19-7-14-25(48-2)26(15-19)49-3)29-23-16-24(32(29)51-36)31-30(23)34(44)42(35(31)45)22-12-8-20(39)9-13-22/h5-15,23-24,28-32H,4,16-17H2,1-3H3,(H,40,43). The largest absolute Gasteiger partial charge is 0.493 e. The number of halogens is 1. The van der Waals surface area contributed by atoms with Crippen LogP contribution < -0.4 is 24.6 Å². The molecule has 1 saturated heterocycles. The summed E-state index contributed by atoms with van der Waals surface area (Å²) in [6.07, 6.45) is 0.717. The number of rotatable bonds is 9. The number of thiazole rings is 1. The molecule has 2 saturated carbocycles. The van der Waals surface area contributed by atoms with Crippen LogP contribution in [0.25, 0.3) is 0 Å². The Balaban J connectivity index is 1.15. The molecule has 4 aliphatic rings. The molecule has 268 valence electrons. The Morgan fingerprint density at radius 3 is 2.27 bits per heavy atom. The highest BCUT2D eigenvalue weighted by atomic mass is 35.5. The first kappa shape index (κ1) is 34.5. The second kappa shape index (κ2) is 13.4. The van der Waals surface area contributed by atoms with Gasteiger partial charge in [-0.3, -0.25) is 28.6 Å². The van der Waals surface area contributed by atoms with Crippen LogP contribution in [0.5, 0.6) is 11.5 Å². The highest BCUT2D eigenvalue weighted by Crippen LogP contribution is 2.69. The first-order valence-corrected chi connectivity index (χ1v) is 19.0. The Labute approximate surface area is 312 Å². The summed E-state index contributed by atoms with van der Waals surface area (Å²) >= 11 is 8.79. The summed E-state index contributed by atoms with van der Waals surface area (Å²) in [5.41, 5.74) is 2.25. The normalized spacial score (nSPS) is 25.4. The molecule has 3 amide bonds. The molecule has 3 aromatic carbocycles. The number of fused-ring (bicyclic) bond motifs is 9. The van der Waals surface area contributed by atoms with Crippen LogP contribution in [-0.2, 0) is 25.7 Å². The second-order valence-corrected chi connectivity index (χ2v) is 15.9. The second-order valence-electron chi connectivity index (χ2n) is 13.3. The molecule has 8 rings (SSSR count). The van der Waals surface area contributed by atoms with Crippen molar-refractivity contribution in [3.05, 3.63) is 97.4 Å². The lowest BCUT2D eigenvalue weighted by Crippen LogP contribution is -2.43. The van der Waals surface area contributed by atoms with Crippen molar-refractivity contribution in [1.82, 2.24) is 4.57 Å². The van der Waals surface area contributed by atoms with Crippen LogP contribution in [0.3, 0.4) is 0 Å². The average molecular weight is 760 g/mol. The Morgan fingerprint density at radius 1 is 0.904 bits per heavy atom. The summed E-state index contributed by atoms with van der Waals surface area (Å²) in [6, 6.07) is 18.8. The predicted octanol–water partition coefficient (Wildman–Crippen LogP) is 6.07. The van der Waals surface area contributed by atoms with Crippen molar-refractivity contribution in [2.75, 3.05) is 31.0 Å². The van der Waals surface area contributed by atoms with Crippen molar-refractivity contribution in [2.45, 2.75) is 36.1 Å². The number of carbonyl (C=O) groups is 4. The molecular weight excluding hydrogens is 726 g/mol. The van der Waals surface area contributed by atoms with Crippen LogP contribution in [-0.4, -0.2) is 54.3 Å². The van der Waals surface area contributed by atoms with Crippen molar-refractivity contribution in [3.63, 3.8) is 0 Å². The van der Waals surface area contributed by atoms with Crippen molar-refractivity contribution in [3.8, 4) is 11.5 Å². The van der Waals surface area contributed by atoms with E-state index in [1.54, 1.807) is 81.4 Å². The summed E-state index contributed by atoms with van der Waals surface area (Å²) in [6.45, 7) is 1.75. The van der Waals surface area contributed by atoms with Crippen LogP contribution in [0.1, 0.15) is 40.1 Å². The molecule has 1 aromatic heterocycles. The van der Waals surface area contributed by atoms with Crippen LogP contribution >= 0.6 is 34.7 Å². The lowest BCUT2D eigenvalue weighted by molar-refractivity contribution is -0.123. The molecule has 0 radical (unpaired) electrons. The molecule has 11 nitrogen and oxygen atoms in total. The van der Waals surface area contributed by atoms with Crippen LogP contribution in [0, 0.1) is 29.6 Å². The van der Waals surface area contributed by atoms with E-state index in [1.165, 1.54) is 9.47 Å². The Morgan fingerprint density at radius 2 is 1.60 bits per heavy atom. The van der Waals surface area contributed by atoms with Crippen molar-refractivity contribution in [1.29, 1.82) is 0 Å². The van der Waals surface area contributed by atoms with Gasteiger partial charge in [0.2, 0.25) is 17.7 Å². The summed E-state index contributed by atoms with van der Waals surface area (Å²) in [4.78, 5) is 69.4. The predicted molar refractivity (Wildman–Crippen MR) is 197 cm³/mol. The number of benzene rings is 3. The zero-order valence-corrected chi connectivity index (χ0v) is 30.8. The molecule has 7 unspecified atom stereocenters. The fourth-order valence-electron chi connectivity index (χ4n) is 8.77. The molecule has 2 aliphatic heterocycles. The molecule has 2 aliphatic carbocycles. The number of aromatic nitrogens is 1. The fourth-order valence-corrected chi connectivity index (χ4v) is 12.0. The van der Waals surface area contributed by atoms with Gasteiger partial charge in [-0.05, 0) is 97.3 Å². The van der Waals surface area contributed by atoms with Crippen LogP contribution in [0.15, 0.2) is 76.6 Å². The molecule has 0 spiro atoms. The number of nitrogens with zero attached hydrogens (tertiary/aromatic N) is 2. The smallest absolute Gasteiger partial charge is 0.338 e. The number of anilines is 2. The summed E-state index contributed by atoms with van der Waals surface area (Å²) in [7, 11) is 3.14. The van der Waals surface area contributed by atoms with E-state index in [0.29, 0.717) is 38.5 Å². The minimum atomic E-state index is -0.478. The SMILES string of the molecule is CCOC(=O)c1ccc(NC(=O)Cn2c3c(sc2=O)C(c2ccc(OC)c(OC)c2)C2C4CC(C2S3)C2C(=O)N(c3ccc(Cl)cc3)C(=O)C42)cc1. The van der Waals surface area contributed by atoms with Gasteiger partial charge in [0.15, 0.2) is 11.5 Å². The van der Waals surface area contributed by atoms with Gasteiger partial charge in [-0.2, -0.15) is 0 Å². The van der Waals surface area contributed by atoms with E-state index < -0.39 is 23.7 Å². The van der Waals surface area contributed by atoms with Gasteiger partial charge >= 0.3 is 10.8 Å². The minimum absolute atomic E-state index is 0.0537. The molecule has 3 fully saturated rings. The highest BCUT2D eigenvalue weighted by Gasteiger charge is 2.70. The lowest BCUT2D eigenvalue weighted by Gasteiger charge is -2.43. The van der Waals surface area contributed by atoms with Gasteiger partial charge in [0.1, 0.15) is 6.54 Å². The summed E-state index contributed by atoms with van der Waals surface area (Å²) in [5, 5.41) is 3.96. The topological polar surface area (TPSA) is 133 Å². The van der Waals surface area contributed by atoms with Gasteiger partial charge in [0.25, 0.3) is 0 Å². The quantitative estimate of drug-likeness (QED) is 0.159. The number of ether oxygens (including phenoxy) is 3. The minimum Gasteiger partial charge on any atom is -0.493 e. The van der Waals surface area contributed by atoms with Gasteiger partial charge in [0.05, 0.1) is 48.9 Å². The number of amides is 3. The molecular formula is C38H34ClN3O8S2. The van der Waals surface area contributed by atoms with Crippen molar-refractivity contribution in [2.24, 2.45) is 29.6 Å². The monoisotopic (exact) mass is 759 g/mol. The Hall–Kier alpha value is -4.59. The third-order valence-corrected chi connectivity index (χ3v) is 13.8. The first-order chi connectivity index (χ1) is 25.1. The van der Waals surface area contributed by atoms with Gasteiger partial charge in [-0.15, -0.1) is 11.8 Å². The number of thioether (sulfide) groups is 1. The van der Waals surface area contributed by atoms with Crippen LogP contribution in [0.4, 0.5) is 11.4 Å². The van der Waals surface area contributed by atoms with Crippen molar-refractivity contribution < 1.29 is 33.4 Å². The van der Waals surface area contributed by atoms with E-state index in [4.69, 9.17) is 25.8 Å². The maximum Gasteiger partial charge on any atom is 0.338 e. The summed E-state index contributed by atoms with van der Waals surface area (Å²) in [5.74, 6) is -1.64. The lowest BCUT2D eigenvalue weighted by atomic mass is 9.68. The van der Waals surface area contributed by atoms with E-state index in [0.717, 1.165) is 28.2 Å². The Bertz CT molecular complexity index is 2170. The summed E-state index contributed by atoms with van der Waals surface area (Å²) < 4.78 is 17.8. The number of esters is 1. The number of hydrogen-bond acceptors (Lipinski definition) is 10. The molecule has 14 heteroatoms. The van der Waals surface area contributed by atoms with E-state index >= 15 is 0 Å². The zero-order valence-electron chi connectivity index (χ0n) is 28.4. The van der Waals surface area contributed by atoms with E-state index in [1.807, 2.05) is 18.2 Å². The molecule has 4 aromatic rings. The number of nitrogens with one attached hydrogen (secondary N) is 1. The van der Waals surface area contributed by atoms with Crippen LogP contribution in [0.2, 0.25) is 5.02 Å². The maximum absolute atomic E-state index is 14.1. The highest BCUT2D eigenvalue weighted by molar-refractivity contribution is 8.00. The third-order valence-electron chi connectivity index (χ3n) is 10.8. The van der Waals surface area contributed by atoms with Crippen molar-refractivity contribution >= 4 is 69.8 Å². The first-order valence-electron chi connectivity index (χ1n) is 17.0. The maximum atomic E-state index is 14.1. The molecule has 1 N–H and O–H groups in total. The molecule has 2 bridgehead atoms. The van der Waals surface area contributed by atoms with E-state index in [2.05, 4.69) is 5.32 Å². The average Bonchev–Trinajstić information content (AvgIpc) is 3.87. The van der Waals surface area contributed by atoms with Gasteiger partial charge in [-0.25, -0.2) is 4.79 Å². The van der Waals surface area contributed by atoms with Gasteiger partial charge in [0, 0.05) is 26.8 Å². The number of imide groups is 1. The third kappa shape index (κ3) is 5.52. The molecule has 7 atom stereocenters. The van der Waals surface area contributed by atoms with E-state index in [9.17, 15) is 24.0 Å².